The van der Waals surface area contributed by atoms with Gasteiger partial charge in [0.2, 0.25) is 5.91 Å². The van der Waals surface area contributed by atoms with Crippen molar-refractivity contribution in [2.75, 3.05) is 0 Å². The van der Waals surface area contributed by atoms with Gasteiger partial charge in [-0.25, -0.2) is 0 Å². The summed E-state index contributed by atoms with van der Waals surface area (Å²) in [7, 11) is 0. The highest BCUT2D eigenvalue weighted by Crippen LogP contribution is 2.60. The van der Waals surface area contributed by atoms with Crippen LogP contribution in [-0.4, -0.2) is 17.6 Å². The molecule has 6 atom stereocenters. The van der Waals surface area contributed by atoms with Crippen LogP contribution in [0, 0.1) is 23.2 Å². The van der Waals surface area contributed by atoms with E-state index in [2.05, 4.69) is 48.2 Å². The van der Waals surface area contributed by atoms with E-state index in [-0.39, 0.29) is 11.4 Å². The summed E-state index contributed by atoms with van der Waals surface area (Å²) in [6.45, 7) is 4.82. The average Bonchev–Trinajstić information content (AvgIpc) is 2.52. The van der Waals surface area contributed by atoms with Crippen molar-refractivity contribution in [3.05, 3.63) is 11.6 Å². The second-order valence-corrected chi connectivity index (χ2v) is 9.26. The van der Waals surface area contributed by atoms with Gasteiger partial charge in [-0.3, -0.25) is 4.79 Å². The van der Waals surface area contributed by atoms with Crippen LogP contribution in [0.4, 0.5) is 0 Å². The molecule has 0 aromatic rings. The first kappa shape index (κ1) is 16.4. The fourth-order valence-corrected chi connectivity index (χ4v) is 6.81. The van der Waals surface area contributed by atoms with E-state index in [9.17, 15) is 4.79 Å². The van der Waals surface area contributed by atoms with E-state index >= 15 is 0 Å². The topological polar surface area (TPSA) is 38.3 Å². The third-order valence-corrected chi connectivity index (χ3v) is 8.40. The summed E-state index contributed by atoms with van der Waals surface area (Å²) in [5, 5.41) is 3.35. The molecule has 0 aromatic heterocycles. The van der Waals surface area contributed by atoms with Crippen LogP contribution in [0.25, 0.3) is 0 Å². The summed E-state index contributed by atoms with van der Waals surface area (Å²) in [6.07, 6.45) is 12.0. The van der Waals surface area contributed by atoms with Crippen LogP contribution < -0.4 is 5.32 Å². The molecule has 3 nitrogen and oxygen atoms in total. The second-order valence-electron chi connectivity index (χ2n) is 8.76. The lowest BCUT2D eigenvalue weighted by Crippen LogP contribution is -2.62. The molecule has 1 heterocycles. The molecule has 0 spiro atoms. The number of hydrogen-bond donors (Lipinski definition) is 1. The Hall–Kier alpha value is -0.100. The van der Waals surface area contributed by atoms with Gasteiger partial charge in [0.15, 0.2) is 0 Å². The van der Waals surface area contributed by atoms with Gasteiger partial charge in [-0.2, -0.15) is 0 Å². The molecule has 4 rings (SSSR count). The Morgan fingerprint density at radius 3 is 2.83 bits per heavy atom. The Morgan fingerprint density at radius 1 is 1.22 bits per heavy atom. The van der Waals surface area contributed by atoms with Crippen LogP contribution in [0.1, 0.15) is 65.2 Å². The number of halogens is 1. The number of hydrogen-bond acceptors (Lipinski definition) is 2. The summed E-state index contributed by atoms with van der Waals surface area (Å²) >= 11 is 2.07. The lowest BCUT2D eigenvalue weighted by Gasteiger charge is -2.59. The molecular formula is C19H28INO2. The van der Waals surface area contributed by atoms with Crippen molar-refractivity contribution in [3.8, 4) is 0 Å². The number of allylic oxidation sites excluding steroid dienone is 1. The molecule has 1 amide bonds. The van der Waals surface area contributed by atoms with Crippen LogP contribution in [0.5, 0.6) is 0 Å². The number of nitrogens with one attached hydrogen (secondary N) is 1. The molecule has 0 unspecified atom stereocenters. The van der Waals surface area contributed by atoms with E-state index in [4.69, 9.17) is 3.07 Å². The molecule has 2 saturated carbocycles. The zero-order valence-corrected chi connectivity index (χ0v) is 16.4. The van der Waals surface area contributed by atoms with Crippen LogP contribution in [0.3, 0.4) is 0 Å². The van der Waals surface area contributed by atoms with Gasteiger partial charge in [0.25, 0.3) is 0 Å². The molecule has 128 valence electrons. The van der Waals surface area contributed by atoms with Gasteiger partial charge in [-0.05, 0) is 75.0 Å². The van der Waals surface area contributed by atoms with Crippen molar-refractivity contribution in [2.24, 2.45) is 23.2 Å². The molecule has 3 fully saturated rings. The van der Waals surface area contributed by atoms with Crippen molar-refractivity contribution >= 4 is 28.9 Å². The Labute approximate surface area is 153 Å². The van der Waals surface area contributed by atoms with Crippen LogP contribution in [0.2, 0.25) is 0 Å². The van der Waals surface area contributed by atoms with Crippen molar-refractivity contribution in [2.45, 2.75) is 76.9 Å². The predicted octanol–water partition coefficient (Wildman–Crippen LogP) is 4.55. The molecular weight excluding hydrogens is 401 g/mol. The monoisotopic (exact) mass is 429 g/mol. The van der Waals surface area contributed by atoms with Gasteiger partial charge >= 0.3 is 0 Å². The van der Waals surface area contributed by atoms with E-state index < -0.39 is 0 Å². The number of piperidine rings is 1. The standard InChI is InChI=1S/C19H28INO2/c1-18-9-7-13(23-20)11-12(18)3-4-14-15(18)8-10-19(2)16(14)5-6-17(22)21-19/h3,13-16H,4-11H2,1-2H3,(H,21,22)/t13-,14+,15-,16-,18-,19-/m0/s1. The minimum absolute atomic E-state index is 0.0424. The Balaban J connectivity index is 1.63. The van der Waals surface area contributed by atoms with Crippen molar-refractivity contribution in [1.29, 1.82) is 0 Å². The van der Waals surface area contributed by atoms with Gasteiger partial charge in [0.05, 0.1) is 6.10 Å². The quantitative estimate of drug-likeness (QED) is 0.491. The van der Waals surface area contributed by atoms with E-state index in [0.717, 1.165) is 37.5 Å². The summed E-state index contributed by atoms with van der Waals surface area (Å²) in [5.41, 5.74) is 2.08. The molecule has 3 aliphatic carbocycles. The third kappa shape index (κ3) is 2.50. The maximum atomic E-state index is 11.9. The second kappa shape index (κ2) is 5.72. The molecule has 4 heteroatoms. The SMILES string of the molecule is C[C@]12CC[C@H](OI)CC1=CC[C@@H]1[C@@H]2CC[C@]2(C)NC(=O)CC[C@@H]12. The Kier molecular flexibility index (Phi) is 4.07. The molecule has 1 saturated heterocycles. The number of amides is 1. The van der Waals surface area contributed by atoms with Crippen LogP contribution in [0.15, 0.2) is 11.6 Å². The van der Waals surface area contributed by atoms with Gasteiger partial charge in [-0.15, -0.1) is 0 Å². The largest absolute Gasteiger partial charge is 0.351 e. The minimum Gasteiger partial charge on any atom is -0.351 e. The highest BCUT2D eigenvalue weighted by atomic mass is 127. The summed E-state index contributed by atoms with van der Waals surface area (Å²) in [4.78, 5) is 11.9. The maximum Gasteiger partial charge on any atom is 0.220 e. The van der Waals surface area contributed by atoms with Crippen LogP contribution >= 0.6 is 23.0 Å². The van der Waals surface area contributed by atoms with Crippen molar-refractivity contribution in [3.63, 3.8) is 0 Å². The molecule has 4 aliphatic rings. The molecule has 1 N–H and O–H groups in total. The van der Waals surface area contributed by atoms with E-state index in [0.29, 0.717) is 17.4 Å². The molecule has 0 bridgehead atoms. The lowest BCUT2D eigenvalue weighted by molar-refractivity contribution is -0.131. The first-order valence-corrected chi connectivity index (χ1v) is 10.1. The highest BCUT2D eigenvalue weighted by molar-refractivity contribution is 14.1. The van der Waals surface area contributed by atoms with Crippen molar-refractivity contribution in [1.82, 2.24) is 5.32 Å². The van der Waals surface area contributed by atoms with Gasteiger partial charge < -0.3 is 8.38 Å². The van der Waals surface area contributed by atoms with Gasteiger partial charge in [0, 0.05) is 12.0 Å². The average molecular weight is 429 g/mol. The Morgan fingerprint density at radius 2 is 2.04 bits per heavy atom. The fourth-order valence-electron chi connectivity index (χ4n) is 6.38. The lowest BCUT2D eigenvalue weighted by atomic mass is 9.48. The van der Waals surface area contributed by atoms with Gasteiger partial charge in [0.1, 0.15) is 23.0 Å². The normalized spacial score (nSPS) is 49.3. The first-order chi connectivity index (χ1) is 11.0. The number of carbonyl (C=O) groups is 1. The van der Waals surface area contributed by atoms with Gasteiger partial charge in [-0.1, -0.05) is 18.6 Å². The van der Waals surface area contributed by atoms with E-state index in [1.54, 1.807) is 5.57 Å². The van der Waals surface area contributed by atoms with Crippen LogP contribution in [-0.2, 0) is 7.86 Å². The smallest absolute Gasteiger partial charge is 0.220 e. The highest BCUT2D eigenvalue weighted by Gasteiger charge is 2.56. The van der Waals surface area contributed by atoms with E-state index in [1.165, 1.54) is 25.7 Å². The first-order valence-electron chi connectivity index (χ1n) is 9.24. The third-order valence-electron chi connectivity index (χ3n) is 7.68. The zero-order chi connectivity index (χ0) is 16.2. The Bertz CT molecular complexity index is 547. The predicted molar refractivity (Wildman–Crippen MR) is 99.0 cm³/mol. The molecule has 0 radical (unpaired) electrons. The minimum atomic E-state index is 0.0424. The fraction of sp³-hybridized carbons (Fsp3) is 0.842. The number of rotatable bonds is 1. The van der Waals surface area contributed by atoms with E-state index in [1.807, 2.05) is 0 Å². The molecule has 0 aromatic carbocycles. The molecule has 23 heavy (non-hydrogen) atoms. The summed E-state index contributed by atoms with van der Waals surface area (Å²) < 4.78 is 5.62. The number of carbonyl (C=O) groups excluding carboxylic acids is 1. The zero-order valence-electron chi connectivity index (χ0n) is 14.2. The maximum absolute atomic E-state index is 11.9. The number of fused-ring (bicyclic) bond motifs is 5. The summed E-state index contributed by atoms with van der Waals surface area (Å²) in [6, 6.07) is 0. The van der Waals surface area contributed by atoms with Crippen molar-refractivity contribution < 1.29 is 7.86 Å². The summed E-state index contributed by atoms with van der Waals surface area (Å²) in [5.74, 6) is 2.47. The molecule has 1 aliphatic heterocycles.